The Morgan fingerprint density at radius 3 is 1.78 bits per heavy atom. The molecule has 0 bridgehead atoms. The lowest BCUT2D eigenvalue weighted by Crippen LogP contribution is -2.33. The molecule has 1 aromatic heterocycles. The summed E-state index contributed by atoms with van der Waals surface area (Å²) in [6.45, 7) is 14.4. The Kier molecular flexibility index (Phi) is 6.62. The highest BCUT2D eigenvalue weighted by Crippen LogP contribution is 2.52. The molecule has 9 rings (SSSR count). The molecular weight excluding hydrogens is 611 g/mol. The molecule has 0 radical (unpaired) electrons. The van der Waals surface area contributed by atoms with Gasteiger partial charge in [-0.25, -0.2) is 0 Å². The molecule has 0 N–H and O–H groups in total. The Bertz CT molecular complexity index is 2410. The first-order valence-electron chi connectivity index (χ1n) is 17.7. The van der Waals surface area contributed by atoms with E-state index in [0.29, 0.717) is 0 Å². The zero-order valence-electron chi connectivity index (χ0n) is 29.4. The van der Waals surface area contributed by atoms with Crippen molar-refractivity contribution in [1.29, 1.82) is 0 Å². The maximum absolute atomic E-state index is 2.53. The molecule has 1 heterocycles. The van der Waals surface area contributed by atoms with Crippen LogP contribution in [0.3, 0.4) is 0 Å². The Hall–Kier alpha value is -4.66. The zero-order valence-corrected chi connectivity index (χ0v) is 30.2. The zero-order chi connectivity index (χ0) is 33.7. The first kappa shape index (κ1) is 30.4. The van der Waals surface area contributed by atoms with Crippen LogP contribution in [0.4, 0.5) is 17.1 Å². The van der Waals surface area contributed by atoms with Gasteiger partial charge >= 0.3 is 0 Å². The topological polar surface area (TPSA) is 3.24 Å². The highest BCUT2D eigenvalue weighted by Gasteiger charge is 2.38. The summed E-state index contributed by atoms with van der Waals surface area (Å²) < 4.78 is 2.73. The van der Waals surface area contributed by atoms with E-state index in [4.69, 9.17) is 0 Å². The highest BCUT2D eigenvalue weighted by atomic mass is 32.1. The number of nitrogens with zero attached hydrogens (tertiary/aromatic N) is 1. The number of rotatable bonds is 4. The molecule has 1 nitrogen and oxygen atoms in total. The molecular formula is C47H43NS. The third-order valence-electron chi connectivity index (χ3n) is 11.7. The molecule has 0 saturated heterocycles. The summed E-state index contributed by atoms with van der Waals surface area (Å²) in [6.07, 6.45) is 2.46. The predicted octanol–water partition coefficient (Wildman–Crippen LogP) is 13.8. The molecule has 0 saturated carbocycles. The second-order valence-corrected chi connectivity index (χ2v) is 17.2. The minimum absolute atomic E-state index is 0.0686. The van der Waals surface area contributed by atoms with Crippen LogP contribution in [-0.2, 0) is 16.2 Å². The number of hydrogen-bond donors (Lipinski definition) is 0. The quantitative estimate of drug-likeness (QED) is 0.183. The van der Waals surface area contributed by atoms with Crippen molar-refractivity contribution in [2.24, 2.45) is 0 Å². The van der Waals surface area contributed by atoms with Crippen LogP contribution < -0.4 is 4.90 Å². The minimum atomic E-state index is -0.0686. The van der Waals surface area contributed by atoms with Crippen molar-refractivity contribution in [2.45, 2.75) is 70.6 Å². The number of anilines is 3. The standard InChI is InChI=1S/C47H43NS/c1-45(2)24-25-46(3,4)42-29-44-38(28-41(42)45)37-23-21-34(27-43(37)49-44)48(32-18-16-31(17-19-32)30-12-8-7-9-13-30)33-20-22-36-35-14-10-11-15-39(35)47(5,6)40(36)26-33/h7-23,26-29H,24-25H2,1-6H3. The third kappa shape index (κ3) is 4.71. The van der Waals surface area contributed by atoms with Crippen molar-refractivity contribution < 1.29 is 0 Å². The molecule has 49 heavy (non-hydrogen) atoms. The molecule has 2 aliphatic carbocycles. The fraction of sp³-hybridized carbons (Fsp3) is 0.234. The summed E-state index contributed by atoms with van der Waals surface area (Å²) in [5.74, 6) is 0. The van der Waals surface area contributed by atoms with Crippen molar-refractivity contribution in [3.63, 3.8) is 0 Å². The van der Waals surface area contributed by atoms with Gasteiger partial charge in [-0.3, -0.25) is 0 Å². The van der Waals surface area contributed by atoms with E-state index >= 15 is 0 Å². The average Bonchev–Trinajstić information content (AvgIpc) is 3.58. The average molecular weight is 654 g/mol. The van der Waals surface area contributed by atoms with Crippen LogP contribution in [-0.4, -0.2) is 0 Å². The number of hydrogen-bond acceptors (Lipinski definition) is 2. The van der Waals surface area contributed by atoms with Gasteiger partial charge in [-0.15, -0.1) is 11.3 Å². The van der Waals surface area contributed by atoms with Gasteiger partial charge in [0.2, 0.25) is 0 Å². The van der Waals surface area contributed by atoms with Gasteiger partial charge in [0.1, 0.15) is 0 Å². The van der Waals surface area contributed by atoms with Gasteiger partial charge in [-0.2, -0.15) is 0 Å². The molecule has 0 fully saturated rings. The van der Waals surface area contributed by atoms with E-state index in [1.165, 1.54) is 88.9 Å². The monoisotopic (exact) mass is 653 g/mol. The second kappa shape index (κ2) is 10.7. The van der Waals surface area contributed by atoms with E-state index in [1.807, 2.05) is 11.3 Å². The van der Waals surface area contributed by atoms with Crippen LogP contribution in [0.15, 0.2) is 127 Å². The first-order chi connectivity index (χ1) is 23.5. The summed E-state index contributed by atoms with van der Waals surface area (Å²) in [7, 11) is 0. The maximum atomic E-state index is 2.53. The molecule has 0 amide bonds. The number of benzene rings is 6. The molecule has 7 aromatic rings. The Morgan fingerprint density at radius 2 is 1.02 bits per heavy atom. The summed E-state index contributed by atoms with van der Waals surface area (Å²) in [4.78, 5) is 2.45. The van der Waals surface area contributed by atoms with Crippen LogP contribution in [0, 0.1) is 0 Å². The van der Waals surface area contributed by atoms with Crippen molar-refractivity contribution in [3.05, 3.63) is 150 Å². The predicted molar refractivity (Wildman–Crippen MR) is 212 cm³/mol. The fourth-order valence-electron chi connectivity index (χ4n) is 8.68. The van der Waals surface area contributed by atoms with Crippen molar-refractivity contribution in [1.82, 2.24) is 0 Å². The number of fused-ring (bicyclic) bond motifs is 7. The van der Waals surface area contributed by atoms with E-state index in [0.717, 1.165) is 5.69 Å². The smallest absolute Gasteiger partial charge is 0.0476 e. The molecule has 0 unspecified atom stereocenters. The largest absolute Gasteiger partial charge is 0.310 e. The summed E-state index contributed by atoms with van der Waals surface area (Å²) in [6, 6.07) is 47.9. The molecule has 242 valence electrons. The third-order valence-corrected chi connectivity index (χ3v) is 12.9. The van der Waals surface area contributed by atoms with E-state index < -0.39 is 0 Å². The highest BCUT2D eigenvalue weighted by molar-refractivity contribution is 7.25. The Morgan fingerprint density at radius 1 is 0.449 bits per heavy atom. The Labute approximate surface area is 294 Å². The van der Waals surface area contributed by atoms with Gasteiger partial charge in [0, 0.05) is 42.6 Å². The Balaban J connectivity index is 1.21. The van der Waals surface area contributed by atoms with E-state index in [-0.39, 0.29) is 16.2 Å². The van der Waals surface area contributed by atoms with Gasteiger partial charge in [0.25, 0.3) is 0 Å². The first-order valence-corrected chi connectivity index (χ1v) is 18.5. The van der Waals surface area contributed by atoms with Crippen LogP contribution >= 0.6 is 11.3 Å². The van der Waals surface area contributed by atoms with Crippen molar-refractivity contribution >= 4 is 48.6 Å². The summed E-state index contributed by atoms with van der Waals surface area (Å²) >= 11 is 1.94. The molecule has 0 aliphatic heterocycles. The van der Waals surface area contributed by atoms with Gasteiger partial charge in [0.05, 0.1) is 0 Å². The summed E-state index contributed by atoms with van der Waals surface area (Å²) in [5.41, 5.74) is 14.9. The van der Waals surface area contributed by atoms with Crippen LogP contribution in [0.25, 0.3) is 42.4 Å². The SMILES string of the molecule is CC1(C)CCC(C)(C)c2cc3c(cc21)sc1cc(N(c2ccc(-c4ccccc4)cc2)c2ccc4c(c2)C(C)(C)c2ccccc2-4)ccc13. The fourth-order valence-corrected chi connectivity index (χ4v) is 9.84. The van der Waals surface area contributed by atoms with Gasteiger partial charge in [-0.1, -0.05) is 120 Å². The maximum Gasteiger partial charge on any atom is 0.0476 e. The van der Waals surface area contributed by atoms with Crippen molar-refractivity contribution in [3.8, 4) is 22.3 Å². The van der Waals surface area contributed by atoms with E-state index in [9.17, 15) is 0 Å². The van der Waals surface area contributed by atoms with E-state index in [1.54, 1.807) is 0 Å². The minimum Gasteiger partial charge on any atom is -0.310 e. The van der Waals surface area contributed by atoms with Crippen LogP contribution in [0.1, 0.15) is 76.6 Å². The molecule has 2 heteroatoms. The molecule has 2 aliphatic rings. The molecule has 6 aromatic carbocycles. The van der Waals surface area contributed by atoms with Crippen LogP contribution in [0.2, 0.25) is 0 Å². The van der Waals surface area contributed by atoms with Gasteiger partial charge < -0.3 is 4.90 Å². The number of thiophene rings is 1. The van der Waals surface area contributed by atoms with Crippen molar-refractivity contribution in [2.75, 3.05) is 4.90 Å². The lowest BCUT2D eigenvalue weighted by Gasteiger charge is -2.41. The van der Waals surface area contributed by atoms with Crippen LogP contribution in [0.5, 0.6) is 0 Å². The molecule has 0 atom stereocenters. The van der Waals surface area contributed by atoms with E-state index in [2.05, 4.69) is 174 Å². The summed E-state index contributed by atoms with van der Waals surface area (Å²) in [5, 5.41) is 2.75. The normalized spacial score (nSPS) is 16.7. The lowest BCUT2D eigenvalue weighted by atomic mass is 9.63. The molecule has 0 spiro atoms. The lowest BCUT2D eigenvalue weighted by molar-refractivity contribution is 0.332. The van der Waals surface area contributed by atoms with Gasteiger partial charge in [0.15, 0.2) is 0 Å². The van der Waals surface area contributed by atoms with Gasteiger partial charge in [-0.05, 0) is 117 Å². The second-order valence-electron chi connectivity index (χ2n) is 16.1.